The van der Waals surface area contributed by atoms with E-state index in [0.29, 0.717) is 24.7 Å². The second-order valence-corrected chi connectivity index (χ2v) is 5.67. The maximum Gasteiger partial charge on any atom is 0.127 e. The van der Waals surface area contributed by atoms with Gasteiger partial charge in [-0.3, -0.25) is 4.90 Å². The van der Waals surface area contributed by atoms with Crippen LogP contribution in [0.15, 0.2) is 41.0 Å². The third-order valence-corrected chi connectivity index (χ3v) is 3.35. The van der Waals surface area contributed by atoms with E-state index in [2.05, 4.69) is 24.1 Å². The van der Waals surface area contributed by atoms with E-state index >= 15 is 0 Å². The van der Waals surface area contributed by atoms with Crippen LogP contribution in [0.4, 0.5) is 4.39 Å². The molecule has 2 rings (SSSR count). The van der Waals surface area contributed by atoms with Crippen molar-refractivity contribution in [3.63, 3.8) is 0 Å². The van der Waals surface area contributed by atoms with Crippen molar-refractivity contribution in [2.75, 3.05) is 7.05 Å². The van der Waals surface area contributed by atoms with Gasteiger partial charge in [0.2, 0.25) is 0 Å². The van der Waals surface area contributed by atoms with Gasteiger partial charge in [-0.2, -0.15) is 0 Å². The van der Waals surface area contributed by atoms with E-state index in [1.807, 2.05) is 25.2 Å². The summed E-state index contributed by atoms with van der Waals surface area (Å²) in [5.74, 6) is 0.771. The molecule has 0 aliphatic rings. The van der Waals surface area contributed by atoms with Crippen molar-refractivity contribution in [3.05, 3.63) is 59.3 Å². The molecule has 0 aliphatic heterocycles. The molecule has 1 aromatic heterocycles. The maximum absolute atomic E-state index is 13.7. The zero-order valence-corrected chi connectivity index (χ0v) is 12.9. The second-order valence-electron chi connectivity index (χ2n) is 5.67. The molecule has 1 aromatic carbocycles. The molecule has 3 nitrogen and oxygen atoms in total. The van der Waals surface area contributed by atoms with Gasteiger partial charge in [-0.05, 0) is 19.2 Å². The normalized spacial score (nSPS) is 11.5. The van der Waals surface area contributed by atoms with Crippen LogP contribution in [0.25, 0.3) is 0 Å². The monoisotopic (exact) mass is 290 g/mol. The molecule has 4 heteroatoms. The van der Waals surface area contributed by atoms with E-state index < -0.39 is 0 Å². The highest BCUT2D eigenvalue weighted by atomic mass is 19.1. The van der Waals surface area contributed by atoms with Crippen LogP contribution in [0, 0.1) is 5.82 Å². The van der Waals surface area contributed by atoms with E-state index in [0.717, 1.165) is 17.9 Å². The minimum atomic E-state index is -0.162. The summed E-state index contributed by atoms with van der Waals surface area (Å²) < 4.78 is 19.2. The fourth-order valence-corrected chi connectivity index (χ4v) is 2.20. The first kappa shape index (κ1) is 15.7. The molecule has 0 saturated carbocycles. The Labute approximate surface area is 125 Å². The summed E-state index contributed by atoms with van der Waals surface area (Å²) in [6.45, 7) is 6.24. The highest BCUT2D eigenvalue weighted by molar-refractivity contribution is 5.19. The quantitative estimate of drug-likeness (QED) is 0.845. The van der Waals surface area contributed by atoms with E-state index in [9.17, 15) is 4.39 Å². The SMILES string of the molecule is CC(C)NCc1ccoc1CN(C)Cc1ccccc1F. The number of hydrogen-bond donors (Lipinski definition) is 1. The molecule has 0 unspecified atom stereocenters. The van der Waals surface area contributed by atoms with Crippen LogP contribution in [-0.2, 0) is 19.6 Å². The summed E-state index contributed by atoms with van der Waals surface area (Å²) in [7, 11) is 1.97. The molecule has 1 heterocycles. The Balaban J connectivity index is 1.95. The molecule has 1 N–H and O–H groups in total. The number of benzene rings is 1. The lowest BCUT2D eigenvalue weighted by atomic mass is 10.2. The van der Waals surface area contributed by atoms with Gasteiger partial charge < -0.3 is 9.73 Å². The minimum Gasteiger partial charge on any atom is -0.468 e. The summed E-state index contributed by atoms with van der Waals surface area (Å²) in [6.07, 6.45) is 1.71. The highest BCUT2D eigenvalue weighted by Gasteiger charge is 2.11. The van der Waals surface area contributed by atoms with Crippen molar-refractivity contribution in [1.82, 2.24) is 10.2 Å². The van der Waals surface area contributed by atoms with Gasteiger partial charge in [-0.25, -0.2) is 4.39 Å². The molecule has 0 spiro atoms. The maximum atomic E-state index is 13.7. The summed E-state index contributed by atoms with van der Waals surface area (Å²) in [5.41, 5.74) is 1.86. The molecule has 0 saturated heterocycles. The Bertz CT molecular complexity index is 565. The smallest absolute Gasteiger partial charge is 0.127 e. The van der Waals surface area contributed by atoms with E-state index in [1.54, 1.807) is 12.3 Å². The molecule has 0 amide bonds. The van der Waals surface area contributed by atoms with Gasteiger partial charge >= 0.3 is 0 Å². The fourth-order valence-electron chi connectivity index (χ4n) is 2.20. The molecule has 21 heavy (non-hydrogen) atoms. The molecular formula is C17H23FN2O. The predicted octanol–water partition coefficient (Wildman–Crippen LogP) is 3.55. The second kappa shape index (κ2) is 7.38. The molecule has 2 aromatic rings. The van der Waals surface area contributed by atoms with Crippen molar-refractivity contribution in [2.24, 2.45) is 0 Å². The predicted molar refractivity (Wildman–Crippen MR) is 82.3 cm³/mol. The average molecular weight is 290 g/mol. The summed E-state index contributed by atoms with van der Waals surface area (Å²) in [4.78, 5) is 2.05. The van der Waals surface area contributed by atoms with E-state index in [4.69, 9.17) is 4.42 Å². The van der Waals surface area contributed by atoms with Gasteiger partial charge in [-0.1, -0.05) is 32.0 Å². The van der Waals surface area contributed by atoms with Crippen molar-refractivity contribution in [1.29, 1.82) is 0 Å². The van der Waals surface area contributed by atoms with Gasteiger partial charge in [-0.15, -0.1) is 0 Å². The van der Waals surface area contributed by atoms with Gasteiger partial charge in [0.05, 0.1) is 12.8 Å². The molecular weight excluding hydrogens is 267 g/mol. The van der Waals surface area contributed by atoms with Crippen LogP contribution in [-0.4, -0.2) is 18.0 Å². The van der Waals surface area contributed by atoms with E-state index in [-0.39, 0.29) is 5.82 Å². The first-order chi connectivity index (χ1) is 10.1. The molecule has 0 atom stereocenters. The summed E-state index contributed by atoms with van der Waals surface area (Å²) in [5, 5.41) is 3.38. The van der Waals surface area contributed by atoms with Crippen LogP contribution >= 0.6 is 0 Å². The van der Waals surface area contributed by atoms with Crippen molar-refractivity contribution in [2.45, 2.75) is 39.5 Å². The molecule has 0 fully saturated rings. The number of furan rings is 1. The highest BCUT2D eigenvalue weighted by Crippen LogP contribution is 2.15. The van der Waals surface area contributed by atoms with Gasteiger partial charge in [0.25, 0.3) is 0 Å². The van der Waals surface area contributed by atoms with Crippen LogP contribution < -0.4 is 5.32 Å². The molecule has 0 bridgehead atoms. The van der Waals surface area contributed by atoms with Crippen LogP contribution in [0.2, 0.25) is 0 Å². The third kappa shape index (κ3) is 4.69. The zero-order valence-electron chi connectivity index (χ0n) is 12.9. The Hall–Kier alpha value is -1.65. The Morgan fingerprint density at radius 1 is 1.14 bits per heavy atom. The summed E-state index contributed by atoms with van der Waals surface area (Å²) in [6, 6.07) is 9.30. The zero-order chi connectivity index (χ0) is 15.2. The standard InChI is InChI=1S/C17H23FN2O/c1-13(2)19-10-14-8-9-21-17(14)12-20(3)11-15-6-4-5-7-16(15)18/h4-9,13,19H,10-12H2,1-3H3. The summed E-state index contributed by atoms with van der Waals surface area (Å²) >= 11 is 0. The minimum absolute atomic E-state index is 0.162. The Kier molecular flexibility index (Phi) is 5.53. The van der Waals surface area contributed by atoms with Crippen LogP contribution in [0.3, 0.4) is 0 Å². The Morgan fingerprint density at radius 3 is 2.62 bits per heavy atom. The largest absolute Gasteiger partial charge is 0.468 e. The van der Waals surface area contributed by atoms with Crippen LogP contribution in [0.1, 0.15) is 30.7 Å². The number of rotatable bonds is 7. The number of nitrogens with one attached hydrogen (secondary N) is 1. The average Bonchev–Trinajstić information content (AvgIpc) is 2.86. The number of halogens is 1. The third-order valence-electron chi connectivity index (χ3n) is 3.35. The molecule has 0 radical (unpaired) electrons. The van der Waals surface area contributed by atoms with E-state index in [1.165, 1.54) is 6.07 Å². The van der Waals surface area contributed by atoms with Gasteiger partial charge in [0.15, 0.2) is 0 Å². The fraction of sp³-hybridized carbons (Fsp3) is 0.412. The first-order valence-corrected chi connectivity index (χ1v) is 7.27. The lowest BCUT2D eigenvalue weighted by Crippen LogP contribution is -2.23. The van der Waals surface area contributed by atoms with Crippen molar-refractivity contribution < 1.29 is 8.81 Å². The van der Waals surface area contributed by atoms with Crippen LogP contribution in [0.5, 0.6) is 0 Å². The van der Waals surface area contributed by atoms with Gasteiger partial charge in [0.1, 0.15) is 11.6 Å². The Morgan fingerprint density at radius 2 is 1.90 bits per heavy atom. The number of nitrogens with zero attached hydrogens (tertiary/aromatic N) is 1. The van der Waals surface area contributed by atoms with Gasteiger partial charge in [0, 0.05) is 30.3 Å². The molecule has 0 aliphatic carbocycles. The first-order valence-electron chi connectivity index (χ1n) is 7.27. The van der Waals surface area contributed by atoms with Crippen molar-refractivity contribution >= 4 is 0 Å². The topological polar surface area (TPSA) is 28.4 Å². The molecule has 114 valence electrons. The van der Waals surface area contributed by atoms with Crippen molar-refractivity contribution in [3.8, 4) is 0 Å². The lowest BCUT2D eigenvalue weighted by molar-refractivity contribution is 0.282. The lowest BCUT2D eigenvalue weighted by Gasteiger charge is -2.17. The number of hydrogen-bond acceptors (Lipinski definition) is 3.